The number of nitrogens with zero attached hydrogens (tertiary/aromatic N) is 2. The Morgan fingerprint density at radius 3 is 2.56 bits per heavy atom. The van der Waals surface area contributed by atoms with Gasteiger partial charge in [0, 0.05) is 39.8 Å². The molecule has 148 valence electrons. The second kappa shape index (κ2) is 11.5. The Morgan fingerprint density at radius 1 is 1.19 bits per heavy atom. The maximum absolute atomic E-state index is 5.29. The summed E-state index contributed by atoms with van der Waals surface area (Å²) in [6.07, 6.45) is 2.25. The molecule has 1 saturated heterocycles. The maximum atomic E-state index is 5.29. The number of ether oxygens (including phenoxy) is 1. The topological polar surface area (TPSA) is 48.9 Å². The first kappa shape index (κ1) is 22.0. The minimum absolute atomic E-state index is 0. The summed E-state index contributed by atoms with van der Waals surface area (Å²) in [5.74, 6) is 0.867. The lowest BCUT2D eigenvalue weighted by Gasteiger charge is -2.33. The number of hydrogen-bond acceptors (Lipinski definition) is 4. The molecule has 5 nitrogen and oxygen atoms in total. The summed E-state index contributed by atoms with van der Waals surface area (Å²) < 4.78 is 5.29. The molecule has 0 radical (unpaired) electrons. The van der Waals surface area contributed by atoms with Crippen molar-refractivity contribution in [3.8, 4) is 0 Å². The number of benzene rings is 1. The smallest absolute Gasteiger partial charge is 0.191 e. The monoisotopic (exact) mass is 500 g/mol. The molecular weight excluding hydrogens is 471 g/mol. The van der Waals surface area contributed by atoms with Gasteiger partial charge in [-0.2, -0.15) is 0 Å². The molecule has 1 aromatic carbocycles. The average molecular weight is 500 g/mol. The van der Waals surface area contributed by atoms with Gasteiger partial charge >= 0.3 is 0 Å². The van der Waals surface area contributed by atoms with Crippen LogP contribution in [-0.2, 0) is 17.9 Å². The number of rotatable bonds is 6. The van der Waals surface area contributed by atoms with Gasteiger partial charge in [0.1, 0.15) is 0 Å². The first-order valence-electron chi connectivity index (χ1n) is 9.11. The van der Waals surface area contributed by atoms with E-state index >= 15 is 0 Å². The molecule has 1 aliphatic heterocycles. The molecule has 0 unspecified atom stereocenters. The molecule has 0 bridgehead atoms. The van der Waals surface area contributed by atoms with E-state index in [1.807, 2.05) is 24.5 Å². The van der Waals surface area contributed by atoms with Gasteiger partial charge in [0.2, 0.25) is 0 Å². The van der Waals surface area contributed by atoms with Crippen molar-refractivity contribution in [1.29, 1.82) is 0 Å². The zero-order chi connectivity index (χ0) is 18.2. The van der Waals surface area contributed by atoms with Crippen LogP contribution in [0.4, 0.5) is 5.00 Å². The molecule has 2 heterocycles. The van der Waals surface area contributed by atoms with Gasteiger partial charge in [-0.05, 0) is 41.5 Å². The second-order valence-corrected chi connectivity index (χ2v) is 7.41. The fraction of sp³-hybridized carbons (Fsp3) is 0.450. The molecule has 1 fully saturated rings. The van der Waals surface area contributed by atoms with Crippen molar-refractivity contribution in [2.75, 3.05) is 32.1 Å². The molecule has 1 aromatic heterocycles. The van der Waals surface area contributed by atoms with E-state index in [2.05, 4.69) is 56.2 Å². The van der Waals surface area contributed by atoms with E-state index in [-0.39, 0.29) is 24.0 Å². The molecular formula is C20H29IN4OS. The third-order valence-corrected chi connectivity index (χ3v) is 5.67. The van der Waals surface area contributed by atoms with Crippen LogP contribution in [0.15, 0.2) is 46.8 Å². The lowest BCUT2D eigenvalue weighted by Crippen LogP contribution is -2.48. The molecule has 0 saturated carbocycles. The fourth-order valence-electron chi connectivity index (χ4n) is 3.29. The molecule has 3 rings (SSSR count). The van der Waals surface area contributed by atoms with Crippen molar-refractivity contribution in [2.24, 2.45) is 4.99 Å². The molecule has 0 atom stereocenters. The lowest BCUT2D eigenvalue weighted by molar-refractivity contribution is 0.184. The predicted molar refractivity (Wildman–Crippen MR) is 125 cm³/mol. The summed E-state index contributed by atoms with van der Waals surface area (Å²) in [6.45, 7) is 3.55. The van der Waals surface area contributed by atoms with Gasteiger partial charge in [-0.15, -0.1) is 35.3 Å². The molecule has 2 aromatic rings. The first-order valence-corrected chi connectivity index (χ1v) is 9.99. The van der Waals surface area contributed by atoms with Crippen LogP contribution in [-0.4, -0.2) is 39.2 Å². The van der Waals surface area contributed by atoms with Crippen LogP contribution < -0.4 is 15.5 Å². The summed E-state index contributed by atoms with van der Waals surface area (Å²) >= 11 is 1.82. The van der Waals surface area contributed by atoms with E-state index in [1.54, 1.807) is 7.11 Å². The minimum Gasteiger partial charge on any atom is -0.380 e. The van der Waals surface area contributed by atoms with Gasteiger partial charge in [-0.3, -0.25) is 4.99 Å². The summed E-state index contributed by atoms with van der Waals surface area (Å²) in [5.41, 5.74) is 2.45. The van der Waals surface area contributed by atoms with E-state index < -0.39 is 0 Å². The Kier molecular flexibility index (Phi) is 9.36. The van der Waals surface area contributed by atoms with E-state index in [4.69, 9.17) is 4.74 Å². The second-order valence-electron chi connectivity index (χ2n) is 6.48. The van der Waals surface area contributed by atoms with Crippen LogP contribution >= 0.6 is 35.3 Å². The van der Waals surface area contributed by atoms with Gasteiger partial charge in [-0.1, -0.05) is 24.3 Å². The molecule has 0 amide bonds. The normalized spacial score (nSPS) is 15.3. The standard InChI is InChI=1S/C20H28N4OS.HI/c1-21-20(22-14-16-6-3-4-7-17(16)15-25-2)23-18-9-11-24(12-10-18)19-8-5-13-26-19;/h3-8,13,18H,9-12,14-15H2,1-2H3,(H2,21,22,23);1H. The Labute approximate surface area is 183 Å². The highest BCUT2D eigenvalue weighted by atomic mass is 127. The molecule has 1 aliphatic rings. The van der Waals surface area contributed by atoms with E-state index in [0.717, 1.165) is 38.4 Å². The minimum atomic E-state index is 0. The molecule has 2 N–H and O–H groups in total. The molecule has 0 spiro atoms. The largest absolute Gasteiger partial charge is 0.380 e. The number of halogens is 1. The highest BCUT2D eigenvalue weighted by Crippen LogP contribution is 2.24. The number of piperidine rings is 1. The van der Waals surface area contributed by atoms with Crippen molar-refractivity contribution in [3.05, 3.63) is 52.9 Å². The van der Waals surface area contributed by atoms with Gasteiger partial charge in [0.15, 0.2) is 5.96 Å². The molecule has 0 aliphatic carbocycles. The summed E-state index contributed by atoms with van der Waals surface area (Å²) in [5, 5.41) is 10.5. The number of guanidine groups is 1. The van der Waals surface area contributed by atoms with Crippen molar-refractivity contribution in [2.45, 2.75) is 32.0 Å². The van der Waals surface area contributed by atoms with Gasteiger partial charge in [-0.25, -0.2) is 0 Å². The number of methoxy groups -OCH3 is 1. The van der Waals surface area contributed by atoms with Gasteiger partial charge in [0.05, 0.1) is 11.6 Å². The van der Waals surface area contributed by atoms with E-state index in [9.17, 15) is 0 Å². The Hall–Kier alpha value is -1.32. The highest BCUT2D eigenvalue weighted by Gasteiger charge is 2.20. The summed E-state index contributed by atoms with van der Waals surface area (Å²) in [7, 11) is 3.56. The molecule has 7 heteroatoms. The van der Waals surface area contributed by atoms with E-state index in [0.29, 0.717) is 12.6 Å². The van der Waals surface area contributed by atoms with Crippen LogP contribution in [0.2, 0.25) is 0 Å². The Morgan fingerprint density at radius 2 is 1.93 bits per heavy atom. The van der Waals surface area contributed by atoms with Crippen molar-refractivity contribution >= 4 is 46.3 Å². The fourth-order valence-corrected chi connectivity index (χ4v) is 4.07. The zero-order valence-corrected chi connectivity index (χ0v) is 19.1. The predicted octanol–water partition coefficient (Wildman–Crippen LogP) is 3.85. The van der Waals surface area contributed by atoms with Crippen LogP contribution in [0.5, 0.6) is 0 Å². The van der Waals surface area contributed by atoms with Crippen molar-refractivity contribution < 1.29 is 4.74 Å². The third kappa shape index (κ3) is 6.36. The average Bonchev–Trinajstić information content (AvgIpc) is 3.22. The first-order chi connectivity index (χ1) is 12.8. The Bertz CT molecular complexity index is 700. The third-order valence-electron chi connectivity index (χ3n) is 4.74. The quantitative estimate of drug-likeness (QED) is 0.360. The van der Waals surface area contributed by atoms with Crippen LogP contribution in [0.1, 0.15) is 24.0 Å². The molecule has 27 heavy (non-hydrogen) atoms. The van der Waals surface area contributed by atoms with Gasteiger partial charge in [0.25, 0.3) is 0 Å². The van der Waals surface area contributed by atoms with Crippen molar-refractivity contribution in [1.82, 2.24) is 10.6 Å². The number of thiophene rings is 1. The van der Waals surface area contributed by atoms with Gasteiger partial charge < -0.3 is 20.3 Å². The number of anilines is 1. The highest BCUT2D eigenvalue weighted by molar-refractivity contribution is 14.0. The number of aliphatic imine (C=N–C) groups is 1. The van der Waals surface area contributed by atoms with Crippen molar-refractivity contribution in [3.63, 3.8) is 0 Å². The summed E-state index contributed by atoms with van der Waals surface area (Å²) in [6, 6.07) is 13.1. The number of hydrogen-bond donors (Lipinski definition) is 2. The summed E-state index contributed by atoms with van der Waals surface area (Å²) in [4.78, 5) is 6.87. The SMILES string of the molecule is CN=C(NCc1ccccc1COC)NC1CCN(c2cccs2)CC1.I. The maximum Gasteiger partial charge on any atom is 0.191 e. The van der Waals surface area contributed by atoms with Crippen LogP contribution in [0.3, 0.4) is 0 Å². The zero-order valence-electron chi connectivity index (χ0n) is 16.0. The van der Waals surface area contributed by atoms with E-state index in [1.165, 1.54) is 16.1 Å². The lowest BCUT2D eigenvalue weighted by atomic mass is 10.1. The Balaban J connectivity index is 0.00000261. The van der Waals surface area contributed by atoms with Crippen LogP contribution in [0, 0.1) is 0 Å². The number of nitrogens with one attached hydrogen (secondary N) is 2. The van der Waals surface area contributed by atoms with Crippen LogP contribution in [0.25, 0.3) is 0 Å².